The van der Waals surface area contributed by atoms with Crippen molar-refractivity contribution < 1.29 is 9.53 Å². The maximum absolute atomic E-state index is 12.0. The molecule has 2 aliphatic rings. The van der Waals surface area contributed by atoms with Crippen LogP contribution in [0.1, 0.15) is 29.6 Å². The van der Waals surface area contributed by atoms with Gasteiger partial charge in [-0.3, -0.25) is 0 Å². The Morgan fingerprint density at radius 2 is 2.00 bits per heavy atom. The van der Waals surface area contributed by atoms with E-state index in [9.17, 15) is 4.79 Å². The van der Waals surface area contributed by atoms with E-state index in [2.05, 4.69) is 6.58 Å². The van der Waals surface area contributed by atoms with Crippen molar-refractivity contribution in [2.45, 2.75) is 25.4 Å². The van der Waals surface area contributed by atoms with Crippen molar-refractivity contribution in [3.63, 3.8) is 0 Å². The lowest BCUT2D eigenvalue weighted by atomic mass is 9.93. The van der Waals surface area contributed by atoms with Crippen LogP contribution in [0.4, 0.5) is 0 Å². The fourth-order valence-electron chi connectivity index (χ4n) is 3.09. The van der Waals surface area contributed by atoms with E-state index in [-0.39, 0.29) is 12.1 Å². The van der Waals surface area contributed by atoms with E-state index in [0.717, 1.165) is 12.0 Å². The summed E-state index contributed by atoms with van der Waals surface area (Å²) in [6, 6.07) is 9.18. The summed E-state index contributed by atoms with van der Waals surface area (Å²) < 4.78 is 5.61. The van der Waals surface area contributed by atoms with Gasteiger partial charge in [0.2, 0.25) is 0 Å². The van der Waals surface area contributed by atoms with Gasteiger partial charge < -0.3 is 4.74 Å². The second-order valence-corrected chi connectivity index (χ2v) is 5.04. The molecule has 0 saturated heterocycles. The summed E-state index contributed by atoms with van der Waals surface area (Å²) in [6.45, 7) is 4.09. The van der Waals surface area contributed by atoms with Crippen molar-refractivity contribution in [3.8, 4) is 0 Å². The topological polar surface area (TPSA) is 26.3 Å². The Morgan fingerprint density at radius 1 is 1.24 bits per heavy atom. The first-order valence-electron chi connectivity index (χ1n) is 6.20. The van der Waals surface area contributed by atoms with Crippen LogP contribution in [0.2, 0.25) is 0 Å². The number of fused-ring (bicyclic) bond motifs is 2. The fourth-order valence-corrected chi connectivity index (χ4v) is 3.09. The van der Waals surface area contributed by atoms with Crippen molar-refractivity contribution >= 4 is 5.97 Å². The minimum Gasteiger partial charge on any atom is -0.454 e. The largest absolute Gasteiger partial charge is 0.454 e. The zero-order chi connectivity index (χ0) is 11.8. The van der Waals surface area contributed by atoms with Crippen molar-refractivity contribution in [2.24, 2.45) is 11.8 Å². The van der Waals surface area contributed by atoms with Gasteiger partial charge in [-0.1, -0.05) is 24.8 Å². The monoisotopic (exact) mass is 228 g/mol. The summed E-state index contributed by atoms with van der Waals surface area (Å²) in [6.07, 6.45) is 3.52. The maximum atomic E-state index is 12.0. The molecular formula is C15H16O2. The molecule has 3 rings (SSSR count). The zero-order valence-electron chi connectivity index (χ0n) is 9.76. The molecule has 0 heterocycles. The first kappa shape index (κ1) is 10.6. The highest BCUT2D eigenvalue weighted by Gasteiger charge is 2.44. The highest BCUT2D eigenvalue weighted by molar-refractivity contribution is 5.89. The van der Waals surface area contributed by atoms with Crippen molar-refractivity contribution in [1.29, 1.82) is 0 Å². The molecular weight excluding hydrogens is 212 g/mol. The molecule has 2 aliphatic carbocycles. The Hall–Kier alpha value is -1.57. The number of esters is 1. The molecule has 2 heteroatoms. The van der Waals surface area contributed by atoms with Gasteiger partial charge in [-0.05, 0) is 42.9 Å². The summed E-state index contributed by atoms with van der Waals surface area (Å²) in [5, 5.41) is 0. The van der Waals surface area contributed by atoms with Gasteiger partial charge in [-0.2, -0.15) is 0 Å². The smallest absolute Gasteiger partial charge is 0.338 e. The number of rotatable bonds is 2. The van der Waals surface area contributed by atoms with Gasteiger partial charge in [0.05, 0.1) is 5.56 Å². The lowest BCUT2D eigenvalue weighted by Crippen LogP contribution is -2.25. The number of ether oxygens (including phenoxy) is 1. The van der Waals surface area contributed by atoms with Crippen LogP contribution in [0, 0.1) is 11.8 Å². The van der Waals surface area contributed by atoms with Crippen LogP contribution in [0.15, 0.2) is 42.5 Å². The lowest BCUT2D eigenvalue weighted by molar-refractivity contribution is 0.0274. The Morgan fingerprint density at radius 3 is 2.65 bits per heavy atom. The molecule has 2 nitrogen and oxygen atoms in total. The van der Waals surface area contributed by atoms with E-state index in [1.807, 2.05) is 18.2 Å². The van der Waals surface area contributed by atoms with Crippen LogP contribution in [0.3, 0.4) is 0 Å². The van der Waals surface area contributed by atoms with Crippen LogP contribution in [0.25, 0.3) is 0 Å². The first-order valence-corrected chi connectivity index (χ1v) is 6.20. The van der Waals surface area contributed by atoms with Crippen molar-refractivity contribution in [3.05, 3.63) is 48.0 Å². The quantitative estimate of drug-likeness (QED) is 0.574. The minimum atomic E-state index is -0.218. The average Bonchev–Trinajstić information content (AvgIpc) is 2.94. The Balaban J connectivity index is 1.72. The summed E-state index contributed by atoms with van der Waals surface area (Å²) in [5.74, 6) is 0.887. The SMILES string of the molecule is C=C1[C@@H]2CC[C@@H](C2)[C@@H]1OC(=O)c1ccccc1. The Labute approximate surface area is 101 Å². The highest BCUT2D eigenvalue weighted by atomic mass is 16.5. The lowest BCUT2D eigenvalue weighted by Gasteiger charge is -2.24. The van der Waals surface area contributed by atoms with Crippen LogP contribution in [0.5, 0.6) is 0 Å². The average molecular weight is 228 g/mol. The van der Waals surface area contributed by atoms with Crippen LogP contribution in [-0.4, -0.2) is 12.1 Å². The number of hydrogen-bond acceptors (Lipinski definition) is 2. The van der Waals surface area contributed by atoms with E-state index < -0.39 is 0 Å². The third kappa shape index (κ3) is 1.78. The summed E-state index contributed by atoms with van der Waals surface area (Å²) in [4.78, 5) is 12.0. The molecule has 1 aromatic carbocycles. The van der Waals surface area contributed by atoms with E-state index in [4.69, 9.17) is 4.74 Å². The first-order chi connectivity index (χ1) is 8.25. The molecule has 3 atom stereocenters. The third-order valence-corrected chi connectivity index (χ3v) is 4.03. The third-order valence-electron chi connectivity index (χ3n) is 4.03. The molecule has 2 saturated carbocycles. The van der Waals surface area contributed by atoms with Crippen LogP contribution >= 0.6 is 0 Å². The van der Waals surface area contributed by atoms with Gasteiger partial charge in [0.25, 0.3) is 0 Å². The van der Waals surface area contributed by atoms with Gasteiger partial charge in [0.15, 0.2) is 0 Å². The van der Waals surface area contributed by atoms with Gasteiger partial charge in [0.1, 0.15) is 6.10 Å². The van der Waals surface area contributed by atoms with E-state index in [0.29, 0.717) is 17.4 Å². The van der Waals surface area contributed by atoms with E-state index in [1.165, 1.54) is 12.8 Å². The van der Waals surface area contributed by atoms with Crippen molar-refractivity contribution in [2.75, 3.05) is 0 Å². The number of carbonyl (C=O) groups excluding carboxylic acids is 1. The van der Waals surface area contributed by atoms with Gasteiger partial charge in [-0.25, -0.2) is 4.79 Å². The molecule has 2 fully saturated rings. The maximum Gasteiger partial charge on any atom is 0.338 e. The van der Waals surface area contributed by atoms with Crippen LogP contribution in [-0.2, 0) is 4.74 Å². The number of carbonyl (C=O) groups is 1. The van der Waals surface area contributed by atoms with Crippen molar-refractivity contribution in [1.82, 2.24) is 0 Å². The molecule has 17 heavy (non-hydrogen) atoms. The predicted molar refractivity (Wildman–Crippen MR) is 65.6 cm³/mol. The second kappa shape index (κ2) is 4.02. The molecule has 0 amide bonds. The predicted octanol–water partition coefficient (Wildman–Crippen LogP) is 3.20. The summed E-state index contributed by atoms with van der Waals surface area (Å²) >= 11 is 0. The Kier molecular flexibility index (Phi) is 2.50. The molecule has 0 N–H and O–H groups in total. The second-order valence-electron chi connectivity index (χ2n) is 5.04. The standard InChI is InChI=1S/C15H16O2/c1-10-12-7-8-13(9-12)14(10)17-15(16)11-5-3-2-4-6-11/h2-6,12-14H,1,7-9H2/t12-,13+,14-/m1/s1. The highest BCUT2D eigenvalue weighted by Crippen LogP contribution is 2.48. The van der Waals surface area contributed by atoms with Crippen LogP contribution < -0.4 is 0 Å². The molecule has 0 unspecified atom stereocenters. The molecule has 1 aromatic rings. The molecule has 0 aromatic heterocycles. The molecule has 0 aliphatic heterocycles. The summed E-state index contributed by atoms with van der Waals surface area (Å²) in [7, 11) is 0. The van der Waals surface area contributed by atoms with Gasteiger partial charge >= 0.3 is 5.97 Å². The normalized spacial score (nSPS) is 30.6. The van der Waals surface area contributed by atoms with Gasteiger partial charge in [0, 0.05) is 5.92 Å². The molecule has 0 radical (unpaired) electrons. The number of benzene rings is 1. The van der Waals surface area contributed by atoms with Gasteiger partial charge in [-0.15, -0.1) is 0 Å². The number of hydrogen-bond donors (Lipinski definition) is 0. The Bertz CT molecular complexity index is 449. The molecule has 88 valence electrons. The molecule has 0 spiro atoms. The van der Waals surface area contributed by atoms with E-state index >= 15 is 0 Å². The zero-order valence-corrected chi connectivity index (χ0v) is 9.76. The van der Waals surface area contributed by atoms with E-state index in [1.54, 1.807) is 12.1 Å². The molecule has 2 bridgehead atoms. The minimum absolute atomic E-state index is 0.0403. The summed E-state index contributed by atoms with van der Waals surface area (Å²) in [5.41, 5.74) is 1.76. The fraction of sp³-hybridized carbons (Fsp3) is 0.400.